The monoisotopic (exact) mass is 369 g/mol. The number of nitriles is 1. The van der Waals surface area contributed by atoms with Gasteiger partial charge < -0.3 is 10.2 Å². The van der Waals surface area contributed by atoms with E-state index in [2.05, 4.69) is 26.3 Å². The molecule has 0 aliphatic carbocycles. The van der Waals surface area contributed by atoms with Crippen LogP contribution in [0.1, 0.15) is 29.8 Å². The van der Waals surface area contributed by atoms with Crippen LogP contribution in [0, 0.1) is 31.1 Å². The lowest BCUT2D eigenvalue weighted by Crippen LogP contribution is -2.41. The quantitative estimate of drug-likeness (QED) is 0.895. The van der Waals surface area contributed by atoms with Gasteiger partial charge in [0.15, 0.2) is 0 Å². The van der Waals surface area contributed by atoms with Crippen molar-refractivity contribution >= 4 is 29.0 Å². The Labute approximate surface area is 157 Å². The van der Waals surface area contributed by atoms with Crippen molar-refractivity contribution in [1.29, 1.82) is 5.26 Å². The predicted octanol–water partition coefficient (Wildman–Crippen LogP) is 3.47. The van der Waals surface area contributed by atoms with Crippen LogP contribution in [0.2, 0.25) is 5.02 Å². The molecular formula is C19H20ClN5O. The first kappa shape index (κ1) is 18.2. The number of nitrogens with zero attached hydrogens (tertiary/aromatic N) is 4. The molecule has 1 aliphatic rings. The zero-order valence-corrected chi connectivity index (χ0v) is 15.5. The molecule has 0 bridgehead atoms. The van der Waals surface area contributed by atoms with Gasteiger partial charge in [0, 0.05) is 25.0 Å². The largest absolute Gasteiger partial charge is 0.370 e. The first-order valence-corrected chi connectivity index (χ1v) is 8.91. The van der Waals surface area contributed by atoms with E-state index in [0.717, 1.165) is 36.5 Å². The van der Waals surface area contributed by atoms with E-state index in [1.165, 1.54) is 6.20 Å². The smallest absolute Gasteiger partial charge is 0.230 e. The molecule has 2 aromatic rings. The Morgan fingerprint density at radius 3 is 2.92 bits per heavy atom. The molecule has 2 aromatic heterocycles. The Morgan fingerprint density at radius 1 is 1.42 bits per heavy atom. The minimum Gasteiger partial charge on any atom is -0.370 e. The maximum atomic E-state index is 12.6. The molecule has 0 spiro atoms. The molecule has 1 unspecified atom stereocenters. The second kappa shape index (κ2) is 7.71. The number of hydrogen-bond acceptors (Lipinski definition) is 5. The highest BCUT2D eigenvalue weighted by molar-refractivity contribution is 6.30. The number of nitrogens with one attached hydrogen (secondary N) is 1. The van der Waals surface area contributed by atoms with Crippen molar-refractivity contribution < 1.29 is 4.79 Å². The summed E-state index contributed by atoms with van der Waals surface area (Å²) in [6.07, 6.45) is 3.20. The van der Waals surface area contributed by atoms with E-state index in [-0.39, 0.29) is 11.8 Å². The number of pyridine rings is 2. The fraction of sp³-hybridized carbons (Fsp3) is 0.368. The summed E-state index contributed by atoms with van der Waals surface area (Å²) in [6.45, 7) is 5.14. The van der Waals surface area contributed by atoms with Gasteiger partial charge in [0.1, 0.15) is 11.9 Å². The minimum atomic E-state index is -0.165. The Bertz CT molecular complexity index is 859. The highest BCUT2D eigenvalue weighted by atomic mass is 35.5. The van der Waals surface area contributed by atoms with Crippen molar-refractivity contribution in [1.82, 2.24) is 9.97 Å². The van der Waals surface area contributed by atoms with Crippen LogP contribution in [0.5, 0.6) is 0 Å². The van der Waals surface area contributed by atoms with E-state index in [1.807, 2.05) is 19.9 Å². The summed E-state index contributed by atoms with van der Waals surface area (Å²) >= 11 is 5.82. The van der Waals surface area contributed by atoms with E-state index in [4.69, 9.17) is 11.6 Å². The number of rotatable bonds is 3. The molecule has 1 fully saturated rings. The van der Waals surface area contributed by atoms with E-state index in [1.54, 1.807) is 12.1 Å². The summed E-state index contributed by atoms with van der Waals surface area (Å²) in [5, 5.41) is 12.9. The van der Waals surface area contributed by atoms with Crippen molar-refractivity contribution in [3.8, 4) is 6.07 Å². The number of piperidine rings is 1. The number of hydrogen-bond donors (Lipinski definition) is 1. The number of anilines is 2. The van der Waals surface area contributed by atoms with Crippen LogP contribution in [0.25, 0.3) is 0 Å². The molecular weight excluding hydrogens is 350 g/mol. The molecule has 7 heteroatoms. The predicted molar refractivity (Wildman–Crippen MR) is 101 cm³/mol. The van der Waals surface area contributed by atoms with Crippen LogP contribution in [0.4, 0.5) is 11.5 Å². The highest BCUT2D eigenvalue weighted by Gasteiger charge is 2.28. The number of aryl methyl sites for hydroxylation is 2. The van der Waals surface area contributed by atoms with Gasteiger partial charge in [-0.05, 0) is 44.9 Å². The standard InChI is InChI=1S/C19H20ClN5O/c1-12-8-17(16(9-21)13(2)23-12)25-7-3-4-14(11-25)19(26)24-18-6-5-15(20)10-22-18/h5-6,8,10,14H,3-4,7,11H2,1-2H3,(H,22,24,26). The van der Waals surface area contributed by atoms with Gasteiger partial charge in [-0.25, -0.2) is 4.98 Å². The van der Waals surface area contributed by atoms with Gasteiger partial charge in [0.05, 0.1) is 27.9 Å². The SMILES string of the molecule is Cc1cc(N2CCCC(C(=O)Nc3ccc(Cl)cn3)C2)c(C#N)c(C)n1. The maximum absolute atomic E-state index is 12.6. The average molecular weight is 370 g/mol. The molecule has 1 atom stereocenters. The Balaban J connectivity index is 1.76. The lowest BCUT2D eigenvalue weighted by atomic mass is 9.96. The van der Waals surface area contributed by atoms with Crippen LogP contribution in [0.15, 0.2) is 24.4 Å². The van der Waals surface area contributed by atoms with Gasteiger partial charge in [-0.2, -0.15) is 5.26 Å². The second-order valence-corrected chi connectivity index (χ2v) is 6.93. The van der Waals surface area contributed by atoms with E-state index in [9.17, 15) is 10.1 Å². The summed E-state index contributed by atoms with van der Waals surface area (Å²) in [5.41, 5.74) is 3.03. The summed E-state index contributed by atoms with van der Waals surface area (Å²) < 4.78 is 0. The Morgan fingerprint density at radius 2 is 2.23 bits per heavy atom. The van der Waals surface area contributed by atoms with Crippen LogP contribution >= 0.6 is 11.6 Å². The first-order chi connectivity index (χ1) is 12.5. The molecule has 26 heavy (non-hydrogen) atoms. The molecule has 1 aliphatic heterocycles. The molecule has 1 saturated heterocycles. The molecule has 1 N–H and O–H groups in total. The Kier molecular flexibility index (Phi) is 5.38. The molecule has 1 amide bonds. The third-order valence-corrected chi connectivity index (χ3v) is 4.75. The average Bonchev–Trinajstić information content (AvgIpc) is 2.63. The summed E-state index contributed by atoms with van der Waals surface area (Å²) in [6, 6.07) is 7.55. The van der Waals surface area contributed by atoms with Gasteiger partial charge in [-0.15, -0.1) is 0 Å². The number of carbonyl (C=O) groups excluding carboxylic acids is 1. The van der Waals surface area contributed by atoms with Crippen LogP contribution in [-0.4, -0.2) is 29.0 Å². The lowest BCUT2D eigenvalue weighted by molar-refractivity contribution is -0.120. The summed E-state index contributed by atoms with van der Waals surface area (Å²) in [4.78, 5) is 23.2. The highest BCUT2D eigenvalue weighted by Crippen LogP contribution is 2.28. The third kappa shape index (κ3) is 3.94. The molecule has 0 saturated carbocycles. The number of carbonyl (C=O) groups is 1. The van der Waals surface area contributed by atoms with Gasteiger partial charge in [0.2, 0.25) is 5.91 Å². The fourth-order valence-electron chi connectivity index (χ4n) is 3.28. The van der Waals surface area contributed by atoms with Crippen molar-refractivity contribution in [3.05, 3.63) is 46.4 Å². The normalized spacial score (nSPS) is 16.8. The van der Waals surface area contributed by atoms with Gasteiger partial charge in [0.25, 0.3) is 0 Å². The first-order valence-electron chi connectivity index (χ1n) is 8.53. The van der Waals surface area contributed by atoms with E-state index >= 15 is 0 Å². The number of amides is 1. The molecule has 3 heterocycles. The lowest BCUT2D eigenvalue weighted by Gasteiger charge is -2.34. The zero-order valence-electron chi connectivity index (χ0n) is 14.8. The van der Waals surface area contributed by atoms with Crippen molar-refractivity contribution in [2.45, 2.75) is 26.7 Å². The van der Waals surface area contributed by atoms with Gasteiger partial charge in [-0.3, -0.25) is 9.78 Å². The topological polar surface area (TPSA) is 81.9 Å². The summed E-state index contributed by atoms with van der Waals surface area (Å²) in [7, 11) is 0. The Hall–Kier alpha value is -2.65. The van der Waals surface area contributed by atoms with Crippen LogP contribution in [0.3, 0.4) is 0 Å². The second-order valence-electron chi connectivity index (χ2n) is 6.49. The van der Waals surface area contributed by atoms with Crippen molar-refractivity contribution in [2.24, 2.45) is 5.92 Å². The van der Waals surface area contributed by atoms with Crippen LogP contribution < -0.4 is 10.2 Å². The maximum Gasteiger partial charge on any atom is 0.230 e. The number of aromatic nitrogens is 2. The number of halogens is 1. The van der Waals surface area contributed by atoms with Gasteiger partial charge >= 0.3 is 0 Å². The van der Waals surface area contributed by atoms with E-state index < -0.39 is 0 Å². The molecule has 6 nitrogen and oxygen atoms in total. The van der Waals surface area contributed by atoms with Crippen LogP contribution in [-0.2, 0) is 4.79 Å². The molecule has 3 rings (SSSR count). The zero-order chi connectivity index (χ0) is 18.7. The minimum absolute atomic E-state index is 0.0643. The van der Waals surface area contributed by atoms with Crippen molar-refractivity contribution in [2.75, 3.05) is 23.3 Å². The van der Waals surface area contributed by atoms with Crippen molar-refractivity contribution in [3.63, 3.8) is 0 Å². The fourth-order valence-corrected chi connectivity index (χ4v) is 3.40. The molecule has 134 valence electrons. The van der Waals surface area contributed by atoms with Gasteiger partial charge in [-0.1, -0.05) is 11.6 Å². The molecule has 0 aromatic carbocycles. The summed E-state index contributed by atoms with van der Waals surface area (Å²) in [5.74, 6) is 0.261. The third-order valence-electron chi connectivity index (χ3n) is 4.53. The molecule has 0 radical (unpaired) electrons. The van der Waals surface area contributed by atoms with E-state index in [0.29, 0.717) is 22.9 Å².